The fraction of sp³-hybridized carbons (Fsp3) is 0.286. The Bertz CT molecular complexity index is 926. The maximum absolute atomic E-state index is 12.3. The van der Waals surface area contributed by atoms with E-state index in [0.717, 1.165) is 48.0 Å². The van der Waals surface area contributed by atoms with Crippen LogP contribution in [0.3, 0.4) is 0 Å². The molecule has 3 aromatic rings. The van der Waals surface area contributed by atoms with Gasteiger partial charge >= 0.3 is 0 Å². The summed E-state index contributed by atoms with van der Waals surface area (Å²) in [6.07, 6.45) is 4.53. The van der Waals surface area contributed by atoms with Gasteiger partial charge in [-0.2, -0.15) is 0 Å². The summed E-state index contributed by atoms with van der Waals surface area (Å²) in [5.41, 5.74) is 2.66. The van der Waals surface area contributed by atoms with Gasteiger partial charge in [0.25, 0.3) is 0 Å². The van der Waals surface area contributed by atoms with E-state index in [0.29, 0.717) is 0 Å². The van der Waals surface area contributed by atoms with Gasteiger partial charge in [-0.25, -0.2) is 0 Å². The highest BCUT2D eigenvalue weighted by Crippen LogP contribution is 2.24. The number of nitrogens with zero attached hydrogens (tertiary/aromatic N) is 3. The Labute approximate surface area is 170 Å². The molecule has 146 valence electrons. The summed E-state index contributed by atoms with van der Waals surface area (Å²) in [6.45, 7) is 1.17. The van der Waals surface area contributed by atoms with Crippen LogP contribution in [-0.4, -0.2) is 27.2 Å². The molecule has 2 heterocycles. The second-order valence-electron chi connectivity index (χ2n) is 6.75. The van der Waals surface area contributed by atoms with Crippen molar-refractivity contribution in [3.8, 4) is 11.4 Å². The molecule has 0 aliphatic carbocycles. The van der Waals surface area contributed by atoms with Crippen LogP contribution in [0.25, 0.3) is 11.4 Å². The molecule has 0 fully saturated rings. The standard InChI is InChI=1S/C21H23N5O.ClH/c27-20(15-22-17-9-3-1-4-10-17)23-18-11-7-8-16(14-18)21-25-24-19-12-5-2-6-13-26(19)21;/h1,3-4,7-11,14,22H,2,5-6,12-13,15H2,(H,23,27);1H. The van der Waals surface area contributed by atoms with E-state index in [-0.39, 0.29) is 24.9 Å². The molecule has 0 saturated heterocycles. The van der Waals surface area contributed by atoms with Crippen molar-refractivity contribution in [3.05, 3.63) is 60.4 Å². The molecule has 0 saturated carbocycles. The van der Waals surface area contributed by atoms with Gasteiger partial charge in [-0.1, -0.05) is 36.8 Å². The second-order valence-corrected chi connectivity index (χ2v) is 6.75. The molecule has 0 radical (unpaired) electrons. The van der Waals surface area contributed by atoms with Gasteiger partial charge in [-0.15, -0.1) is 22.6 Å². The van der Waals surface area contributed by atoms with Gasteiger partial charge in [0.05, 0.1) is 6.54 Å². The Morgan fingerprint density at radius 1 is 0.964 bits per heavy atom. The molecule has 0 atom stereocenters. The van der Waals surface area contributed by atoms with E-state index < -0.39 is 0 Å². The number of aromatic nitrogens is 3. The van der Waals surface area contributed by atoms with Crippen molar-refractivity contribution in [2.75, 3.05) is 17.2 Å². The highest BCUT2D eigenvalue weighted by atomic mass is 35.5. The largest absolute Gasteiger partial charge is 0.376 e. The molecule has 2 N–H and O–H groups in total. The first-order valence-corrected chi connectivity index (χ1v) is 9.41. The van der Waals surface area contributed by atoms with Crippen LogP contribution in [0.1, 0.15) is 25.1 Å². The Hall–Kier alpha value is -2.86. The summed E-state index contributed by atoms with van der Waals surface area (Å²) in [5.74, 6) is 1.85. The molecule has 2 aromatic carbocycles. The summed E-state index contributed by atoms with van der Waals surface area (Å²) in [7, 11) is 0. The minimum Gasteiger partial charge on any atom is -0.376 e. The minimum atomic E-state index is -0.0870. The third kappa shape index (κ3) is 4.70. The number of carbonyl (C=O) groups excluding carboxylic acids is 1. The van der Waals surface area contributed by atoms with Crippen LogP contribution in [0, 0.1) is 0 Å². The third-order valence-corrected chi connectivity index (χ3v) is 4.74. The highest BCUT2D eigenvalue weighted by Gasteiger charge is 2.16. The maximum atomic E-state index is 12.3. The Balaban J connectivity index is 0.00000225. The first-order chi connectivity index (χ1) is 13.3. The monoisotopic (exact) mass is 397 g/mol. The van der Waals surface area contributed by atoms with Crippen LogP contribution in [0.4, 0.5) is 11.4 Å². The second kappa shape index (κ2) is 9.37. The van der Waals surface area contributed by atoms with E-state index in [9.17, 15) is 4.79 Å². The van der Waals surface area contributed by atoms with Crippen molar-refractivity contribution in [1.82, 2.24) is 14.8 Å². The van der Waals surface area contributed by atoms with Crippen LogP contribution in [0.5, 0.6) is 0 Å². The van der Waals surface area contributed by atoms with Crippen LogP contribution in [0.15, 0.2) is 54.6 Å². The number of amides is 1. The average Bonchev–Trinajstić information content (AvgIpc) is 2.96. The Morgan fingerprint density at radius 2 is 1.79 bits per heavy atom. The first kappa shape index (κ1) is 19.9. The lowest BCUT2D eigenvalue weighted by Gasteiger charge is -2.10. The molecular formula is C21H24ClN5O. The number of hydrogen-bond donors (Lipinski definition) is 2. The van der Waals surface area contributed by atoms with Gasteiger partial charge in [0.15, 0.2) is 5.82 Å². The zero-order valence-electron chi connectivity index (χ0n) is 15.6. The lowest BCUT2D eigenvalue weighted by atomic mass is 10.2. The lowest BCUT2D eigenvalue weighted by molar-refractivity contribution is -0.114. The number of hydrogen-bond acceptors (Lipinski definition) is 4. The molecule has 6 nitrogen and oxygen atoms in total. The molecule has 0 spiro atoms. The van der Waals surface area contributed by atoms with Crippen molar-refractivity contribution in [2.24, 2.45) is 0 Å². The van der Waals surface area contributed by atoms with Gasteiger partial charge in [0.2, 0.25) is 5.91 Å². The zero-order chi connectivity index (χ0) is 18.5. The number of aryl methyl sites for hydroxylation is 1. The smallest absolute Gasteiger partial charge is 0.243 e. The molecule has 0 bridgehead atoms. The van der Waals surface area contributed by atoms with Crippen LogP contribution in [0.2, 0.25) is 0 Å². The summed E-state index contributed by atoms with van der Waals surface area (Å²) in [6, 6.07) is 17.5. The van der Waals surface area contributed by atoms with E-state index in [1.807, 2.05) is 54.6 Å². The fourth-order valence-corrected chi connectivity index (χ4v) is 3.38. The summed E-state index contributed by atoms with van der Waals surface area (Å²) < 4.78 is 2.21. The Kier molecular flexibility index (Phi) is 6.66. The summed E-state index contributed by atoms with van der Waals surface area (Å²) in [5, 5.41) is 14.8. The maximum Gasteiger partial charge on any atom is 0.243 e. The van der Waals surface area contributed by atoms with Crippen molar-refractivity contribution in [1.29, 1.82) is 0 Å². The van der Waals surface area contributed by atoms with Gasteiger partial charge in [-0.3, -0.25) is 4.79 Å². The number of carbonyl (C=O) groups is 1. The number of benzene rings is 2. The van der Waals surface area contributed by atoms with E-state index in [4.69, 9.17) is 0 Å². The minimum absolute atomic E-state index is 0. The molecule has 1 aromatic heterocycles. The fourth-order valence-electron chi connectivity index (χ4n) is 3.38. The number of para-hydroxylation sites is 1. The molecule has 1 amide bonds. The SMILES string of the molecule is Cl.O=C(CNc1ccccc1)Nc1cccc(-c2nnc3n2CCCCC3)c1. The number of anilines is 2. The van der Waals surface area contributed by atoms with Gasteiger partial charge in [-0.05, 0) is 37.1 Å². The highest BCUT2D eigenvalue weighted by molar-refractivity contribution is 5.94. The van der Waals surface area contributed by atoms with E-state index in [2.05, 4.69) is 25.4 Å². The van der Waals surface area contributed by atoms with Crippen molar-refractivity contribution < 1.29 is 4.79 Å². The number of nitrogens with one attached hydrogen (secondary N) is 2. The van der Waals surface area contributed by atoms with Crippen LogP contribution < -0.4 is 10.6 Å². The average molecular weight is 398 g/mol. The normalized spacial score (nSPS) is 13.0. The van der Waals surface area contributed by atoms with Crippen LogP contribution >= 0.6 is 12.4 Å². The summed E-state index contributed by atoms with van der Waals surface area (Å²) in [4.78, 5) is 12.3. The lowest BCUT2D eigenvalue weighted by Crippen LogP contribution is -2.21. The number of fused-ring (bicyclic) bond motifs is 1. The molecule has 0 unspecified atom stereocenters. The van der Waals surface area contributed by atoms with E-state index in [1.54, 1.807) is 0 Å². The van der Waals surface area contributed by atoms with E-state index in [1.165, 1.54) is 12.8 Å². The van der Waals surface area contributed by atoms with Crippen molar-refractivity contribution in [3.63, 3.8) is 0 Å². The molecule has 1 aliphatic heterocycles. The predicted molar refractivity (Wildman–Crippen MR) is 114 cm³/mol. The third-order valence-electron chi connectivity index (χ3n) is 4.74. The quantitative estimate of drug-likeness (QED) is 0.678. The topological polar surface area (TPSA) is 71.8 Å². The molecule has 4 rings (SSSR count). The van der Waals surface area contributed by atoms with Gasteiger partial charge < -0.3 is 15.2 Å². The first-order valence-electron chi connectivity index (χ1n) is 9.41. The Morgan fingerprint density at radius 3 is 2.64 bits per heavy atom. The number of halogens is 1. The van der Waals surface area contributed by atoms with Gasteiger partial charge in [0, 0.05) is 29.9 Å². The predicted octanol–water partition coefficient (Wildman–Crippen LogP) is 4.14. The van der Waals surface area contributed by atoms with Crippen molar-refractivity contribution >= 4 is 29.7 Å². The molecule has 1 aliphatic rings. The number of rotatable bonds is 5. The van der Waals surface area contributed by atoms with Gasteiger partial charge in [0.1, 0.15) is 5.82 Å². The van der Waals surface area contributed by atoms with Crippen LogP contribution in [-0.2, 0) is 17.8 Å². The summed E-state index contributed by atoms with van der Waals surface area (Å²) >= 11 is 0. The van der Waals surface area contributed by atoms with E-state index >= 15 is 0 Å². The molecular weight excluding hydrogens is 374 g/mol. The van der Waals surface area contributed by atoms with Crippen molar-refractivity contribution in [2.45, 2.75) is 32.2 Å². The zero-order valence-corrected chi connectivity index (χ0v) is 16.4. The molecule has 7 heteroatoms. The molecule has 28 heavy (non-hydrogen) atoms.